The number of rotatable bonds is 2. The molecule has 0 bridgehead atoms. The van der Waals surface area contributed by atoms with Gasteiger partial charge in [0.2, 0.25) is 0 Å². The highest BCUT2D eigenvalue weighted by Gasteiger charge is 2.42. The molecule has 0 aromatic heterocycles. The first-order valence-corrected chi connectivity index (χ1v) is 3.89. The number of hydrogen-bond donors (Lipinski definition) is 2. The van der Waals surface area contributed by atoms with Gasteiger partial charge >= 0.3 is 6.18 Å². The van der Waals surface area contributed by atoms with Crippen molar-refractivity contribution in [3.8, 4) is 0 Å². The summed E-state index contributed by atoms with van der Waals surface area (Å²) in [4.78, 5) is 10.8. The highest BCUT2D eigenvalue weighted by Crippen LogP contribution is 2.23. The van der Waals surface area contributed by atoms with E-state index in [4.69, 9.17) is 10.2 Å². The fraction of sp³-hybridized carbons (Fsp3) is 0.857. The second kappa shape index (κ2) is 3.84. The van der Waals surface area contributed by atoms with Gasteiger partial charge in [-0.2, -0.15) is 13.2 Å². The summed E-state index contributed by atoms with van der Waals surface area (Å²) in [7, 11) is 0. The summed E-state index contributed by atoms with van der Waals surface area (Å²) in [6.45, 7) is -1.53. The maximum atomic E-state index is 11.7. The topological polar surface area (TPSA) is 66.8 Å². The Morgan fingerprint density at radius 1 is 1.43 bits per heavy atom. The minimum absolute atomic E-state index is 0.296. The zero-order chi connectivity index (χ0) is 10.9. The summed E-state index contributed by atoms with van der Waals surface area (Å²) in [6.07, 6.45) is -9.15. The van der Waals surface area contributed by atoms with Gasteiger partial charge in [-0.05, 0) is 0 Å². The number of hydrogen-bond acceptors (Lipinski definition) is 4. The molecule has 0 radical (unpaired) electrons. The van der Waals surface area contributed by atoms with E-state index in [1.165, 1.54) is 0 Å². The van der Waals surface area contributed by atoms with E-state index in [-0.39, 0.29) is 6.42 Å². The first kappa shape index (κ1) is 11.4. The summed E-state index contributed by atoms with van der Waals surface area (Å²) in [5.41, 5.74) is 0. The van der Waals surface area contributed by atoms with Crippen LogP contribution in [0, 0.1) is 0 Å². The van der Waals surface area contributed by atoms with Crippen LogP contribution in [0.15, 0.2) is 0 Å². The van der Waals surface area contributed by atoms with Gasteiger partial charge in [0.15, 0.2) is 5.78 Å². The number of ketones is 1. The van der Waals surface area contributed by atoms with Crippen molar-refractivity contribution in [2.75, 3.05) is 6.61 Å². The van der Waals surface area contributed by atoms with Gasteiger partial charge in [-0.1, -0.05) is 0 Å². The predicted molar refractivity (Wildman–Crippen MR) is 37.4 cm³/mol. The summed E-state index contributed by atoms with van der Waals surface area (Å²) in [5, 5.41) is 17.9. The van der Waals surface area contributed by atoms with Gasteiger partial charge in [0.25, 0.3) is 0 Å². The molecule has 0 aromatic carbocycles. The van der Waals surface area contributed by atoms with Crippen LogP contribution in [0.3, 0.4) is 0 Å². The Kier molecular flexibility index (Phi) is 3.13. The third kappa shape index (κ3) is 2.66. The van der Waals surface area contributed by atoms with Gasteiger partial charge in [0.05, 0.1) is 6.10 Å². The van der Waals surface area contributed by atoms with Gasteiger partial charge < -0.3 is 14.9 Å². The Labute approximate surface area is 77.3 Å². The normalized spacial score (nSPS) is 33.8. The van der Waals surface area contributed by atoms with Gasteiger partial charge in [-0.15, -0.1) is 0 Å². The van der Waals surface area contributed by atoms with Crippen LogP contribution in [-0.2, 0) is 9.53 Å². The second-order valence-electron chi connectivity index (χ2n) is 3.06. The van der Waals surface area contributed by atoms with Crippen molar-refractivity contribution in [2.24, 2.45) is 0 Å². The summed E-state index contributed by atoms with van der Waals surface area (Å²) in [6, 6.07) is 0. The Bertz CT molecular complexity index is 227. The number of carbonyl (C=O) groups is 1. The van der Waals surface area contributed by atoms with Crippen LogP contribution in [0.25, 0.3) is 0 Å². The molecule has 0 aliphatic heterocycles. The standard InChI is InChI=1S/C7H9F3O4/c8-7(9,10)2-14-4-1-3(11)5(12)6(4)13/h3-4,6,11,13H,1-2H2. The third-order valence-corrected chi connectivity index (χ3v) is 1.89. The summed E-state index contributed by atoms with van der Waals surface area (Å²) in [5.74, 6) is -0.892. The van der Waals surface area contributed by atoms with Crippen LogP contribution < -0.4 is 0 Å². The lowest BCUT2D eigenvalue weighted by molar-refractivity contribution is -0.192. The zero-order valence-electron chi connectivity index (χ0n) is 6.99. The first-order chi connectivity index (χ1) is 6.31. The van der Waals surface area contributed by atoms with Crippen molar-refractivity contribution in [1.82, 2.24) is 0 Å². The molecule has 0 saturated heterocycles. The quantitative estimate of drug-likeness (QED) is 0.658. The number of aliphatic hydroxyl groups excluding tert-OH is 2. The number of aliphatic hydroxyl groups is 2. The lowest BCUT2D eigenvalue weighted by Gasteiger charge is -2.15. The van der Waals surface area contributed by atoms with Gasteiger partial charge in [0.1, 0.15) is 18.8 Å². The van der Waals surface area contributed by atoms with Crippen LogP contribution in [-0.4, -0.2) is 47.1 Å². The van der Waals surface area contributed by atoms with Crippen LogP contribution in [0.4, 0.5) is 13.2 Å². The van der Waals surface area contributed by atoms with Crippen molar-refractivity contribution < 1.29 is 32.9 Å². The van der Waals surface area contributed by atoms with Gasteiger partial charge in [0, 0.05) is 6.42 Å². The lowest BCUT2D eigenvalue weighted by Crippen LogP contribution is -2.32. The first-order valence-electron chi connectivity index (χ1n) is 3.89. The fourth-order valence-corrected chi connectivity index (χ4v) is 1.21. The van der Waals surface area contributed by atoms with Gasteiger partial charge in [-0.3, -0.25) is 4.79 Å². The maximum Gasteiger partial charge on any atom is 0.411 e. The summed E-state index contributed by atoms with van der Waals surface area (Å²) < 4.78 is 39.3. The van der Waals surface area contributed by atoms with Crippen molar-refractivity contribution in [1.29, 1.82) is 0 Å². The Morgan fingerprint density at radius 2 is 2.00 bits per heavy atom. The zero-order valence-corrected chi connectivity index (χ0v) is 6.99. The van der Waals surface area contributed by atoms with E-state index in [0.717, 1.165) is 0 Å². The molecular formula is C7H9F3O4. The smallest absolute Gasteiger partial charge is 0.385 e. The molecular weight excluding hydrogens is 205 g/mol. The molecule has 0 heterocycles. The van der Waals surface area contributed by atoms with E-state index in [2.05, 4.69) is 4.74 Å². The minimum Gasteiger partial charge on any atom is -0.385 e. The number of halogens is 3. The molecule has 1 saturated carbocycles. The molecule has 0 spiro atoms. The number of ether oxygens (including phenoxy) is 1. The predicted octanol–water partition coefficient (Wildman–Crippen LogP) is -0.371. The summed E-state index contributed by atoms with van der Waals surface area (Å²) >= 11 is 0. The largest absolute Gasteiger partial charge is 0.411 e. The average Bonchev–Trinajstić information content (AvgIpc) is 2.28. The van der Waals surface area contributed by atoms with E-state index in [0.29, 0.717) is 0 Å². The third-order valence-electron chi connectivity index (χ3n) is 1.89. The maximum absolute atomic E-state index is 11.7. The molecule has 1 aliphatic rings. The Morgan fingerprint density at radius 3 is 2.36 bits per heavy atom. The van der Waals surface area contributed by atoms with E-state index in [1.807, 2.05) is 0 Å². The number of Topliss-reactive ketones (excluding diaryl/α,β-unsaturated/α-hetero) is 1. The van der Waals surface area contributed by atoms with E-state index < -0.39 is 36.9 Å². The molecule has 14 heavy (non-hydrogen) atoms. The molecule has 7 heteroatoms. The van der Waals surface area contributed by atoms with E-state index >= 15 is 0 Å². The molecule has 1 fully saturated rings. The highest BCUT2D eigenvalue weighted by atomic mass is 19.4. The van der Waals surface area contributed by atoms with Crippen LogP contribution in [0.1, 0.15) is 6.42 Å². The van der Waals surface area contributed by atoms with Crippen LogP contribution >= 0.6 is 0 Å². The molecule has 0 aromatic rings. The molecule has 2 N–H and O–H groups in total. The van der Waals surface area contributed by atoms with Crippen LogP contribution in [0.2, 0.25) is 0 Å². The minimum atomic E-state index is -4.50. The van der Waals surface area contributed by atoms with Crippen molar-refractivity contribution >= 4 is 5.78 Å². The van der Waals surface area contributed by atoms with Crippen LogP contribution in [0.5, 0.6) is 0 Å². The lowest BCUT2D eigenvalue weighted by atomic mass is 10.2. The van der Waals surface area contributed by atoms with Gasteiger partial charge in [-0.25, -0.2) is 0 Å². The molecule has 0 amide bonds. The van der Waals surface area contributed by atoms with E-state index in [9.17, 15) is 18.0 Å². The molecule has 82 valence electrons. The van der Waals surface area contributed by atoms with Crippen molar-refractivity contribution in [3.63, 3.8) is 0 Å². The van der Waals surface area contributed by atoms with E-state index in [1.54, 1.807) is 0 Å². The molecule has 3 unspecified atom stereocenters. The van der Waals surface area contributed by atoms with Crippen molar-refractivity contribution in [2.45, 2.75) is 30.9 Å². The fourth-order valence-electron chi connectivity index (χ4n) is 1.21. The molecule has 1 aliphatic carbocycles. The SMILES string of the molecule is O=C1C(O)CC(OCC(F)(F)F)C1O. The number of alkyl halides is 3. The Balaban J connectivity index is 2.44. The number of carbonyl (C=O) groups excluding carboxylic acids is 1. The molecule has 1 rings (SSSR count). The Hall–Kier alpha value is -0.660. The average molecular weight is 214 g/mol. The highest BCUT2D eigenvalue weighted by molar-refractivity contribution is 5.89. The molecule has 4 nitrogen and oxygen atoms in total. The monoisotopic (exact) mass is 214 g/mol. The van der Waals surface area contributed by atoms with Crippen molar-refractivity contribution in [3.05, 3.63) is 0 Å². The molecule has 3 atom stereocenters. The second-order valence-corrected chi connectivity index (χ2v) is 3.06.